The molecule has 3 rings (SSSR count). The van der Waals surface area contributed by atoms with Crippen LogP contribution in [0.5, 0.6) is 0 Å². The summed E-state index contributed by atoms with van der Waals surface area (Å²) in [6, 6.07) is 0. The first kappa shape index (κ1) is 24.3. The van der Waals surface area contributed by atoms with Gasteiger partial charge in [-0.1, -0.05) is 0 Å². The Balaban J connectivity index is 0.000000575. The summed E-state index contributed by atoms with van der Waals surface area (Å²) < 4.78 is 39.1. The number of nitrogens with zero attached hydrogens (tertiary/aromatic N) is 5. The highest BCUT2D eigenvalue weighted by atomic mass is 32.3. The molecule has 8 N–H and O–H groups in total. The Labute approximate surface area is 171 Å². The molecule has 16 heteroatoms. The molecular weight excluding hydrogens is 426 g/mol. The van der Waals surface area contributed by atoms with Gasteiger partial charge in [-0.15, -0.1) is 0 Å². The topological polar surface area (TPSA) is 232 Å². The van der Waals surface area contributed by atoms with Crippen molar-refractivity contribution in [2.24, 2.45) is 5.90 Å². The fourth-order valence-corrected chi connectivity index (χ4v) is 3.04. The summed E-state index contributed by atoms with van der Waals surface area (Å²) in [4.78, 5) is 18.9. The highest BCUT2D eigenvalue weighted by Gasteiger charge is 2.45. The molecule has 0 amide bonds. The monoisotopic (exact) mass is 451 g/mol. The molecule has 0 aromatic carbocycles. The standard InChI is InChI=1S/C14H23N7O4.H2O4S/c1-7-19-9-12(15)17-6-18-13(9)21(7)14-11(23)10(22)8(25-14)5-20(2)3-4-24-16;1-5(2,3)4/h6,8,10-11,14,22-23H,3-5,16H2,1-2H3,(H2,15,17,18);(H2,1,2,3,4)/t8-,10-,11-,14-;/m1./s1. The maximum absolute atomic E-state index is 10.5. The average Bonchev–Trinajstić information content (AvgIpc) is 3.10. The van der Waals surface area contributed by atoms with Crippen LogP contribution in [0.25, 0.3) is 11.2 Å². The van der Waals surface area contributed by atoms with Gasteiger partial charge in [-0.25, -0.2) is 20.8 Å². The largest absolute Gasteiger partial charge is 0.394 e. The molecule has 2 aromatic rings. The van der Waals surface area contributed by atoms with Gasteiger partial charge in [0.25, 0.3) is 0 Å². The van der Waals surface area contributed by atoms with Crippen LogP contribution in [0.2, 0.25) is 0 Å². The molecule has 15 nitrogen and oxygen atoms in total. The van der Waals surface area contributed by atoms with E-state index >= 15 is 0 Å². The predicted octanol–water partition coefficient (Wildman–Crippen LogP) is -2.49. The molecule has 30 heavy (non-hydrogen) atoms. The van der Waals surface area contributed by atoms with Crippen molar-refractivity contribution in [3.8, 4) is 0 Å². The van der Waals surface area contributed by atoms with E-state index in [1.54, 1.807) is 11.5 Å². The molecular formula is C14H25N7O8S. The van der Waals surface area contributed by atoms with Gasteiger partial charge in [-0.2, -0.15) is 8.42 Å². The average molecular weight is 451 g/mol. The fraction of sp³-hybridized carbons (Fsp3) is 0.643. The van der Waals surface area contributed by atoms with Crippen LogP contribution >= 0.6 is 0 Å². The first-order valence-electron chi connectivity index (χ1n) is 8.60. The second kappa shape index (κ2) is 9.86. The van der Waals surface area contributed by atoms with Gasteiger partial charge in [-0.05, 0) is 14.0 Å². The van der Waals surface area contributed by atoms with Crippen LogP contribution in [0.3, 0.4) is 0 Å². The number of aliphatic hydroxyl groups excluding tert-OH is 2. The lowest BCUT2D eigenvalue weighted by Gasteiger charge is -2.22. The Kier molecular flexibility index (Phi) is 7.97. The van der Waals surface area contributed by atoms with Crippen LogP contribution in [0.15, 0.2) is 6.33 Å². The molecule has 170 valence electrons. The summed E-state index contributed by atoms with van der Waals surface area (Å²) in [5, 5.41) is 20.9. The van der Waals surface area contributed by atoms with Crippen molar-refractivity contribution in [3.05, 3.63) is 12.2 Å². The van der Waals surface area contributed by atoms with Crippen molar-refractivity contribution in [3.63, 3.8) is 0 Å². The van der Waals surface area contributed by atoms with Gasteiger partial charge in [-0.3, -0.25) is 13.7 Å². The molecule has 3 heterocycles. The Bertz CT molecular complexity index is 947. The molecule has 2 aromatic heterocycles. The van der Waals surface area contributed by atoms with Crippen LogP contribution in [0.1, 0.15) is 12.1 Å². The Hall–Kier alpha value is -2.02. The molecule has 1 saturated heterocycles. The molecule has 0 saturated carbocycles. The van der Waals surface area contributed by atoms with E-state index < -0.39 is 34.9 Å². The third-order valence-electron chi connectivity index (χ3n) is 4.36. The summed E-state index contributed by atoms with van der Waals surface area (Å²) in [6.07, 6.45) is -2.26. The van der Waals surface area contributed by atoms with E-state index in [-0.39, 0.29) is 5.82 Å². The molecule has 0 spiro atoms. The smallest absolute Gasteiger partial charge is 0.387 e. The van der Waals surface area contributed by atoms with Crippen molar-refractivity contribution in [2.75, 3.05) is 32.5 Å². The number of aryl methyl sites for hydroxylation is 1. The zero-order valence-corrected chi connectivity index (χ0v) is 17.0. The van der Waals surface area contributed by atoms with E-state index in [1.807, 2.05) is 11.9 Å². The normalized spacial score (nSPS) is 24.3. The summed E-state index contributed by atoms with van der Waals surface area (Å²) in [5.74, 6) is 5.83. The number of anilines is 1. The van der Waals surface area contributed by atoms with Crippen LogP contribution in [-0.2, 0) is 20.0 Å². The highest BCUT2D eigenvalue weighted by Crippen LogP contribution is 2.33. The van der Waals surface area contributed by atoms with Gasteiger partial charge >= 0.3 is 10.4 Å². The Morgan fingerprint density at radius 1 is 1.30 bits per heavy atom. The number of aromatic nitrogens is 4. The van der Waals surface area contributed by atoms with Gasteiger partial charge in [0.2, 0.25) is 0 Å². The third kappa shape index (κ3) is 6.00. The number of hydrogen-bond acceptors (Lipinski definition) is 12. The lowest BCUT2D eigenvalue weighted by atomic mass is 10.1. The number of nitrogen functional groups attached to an aromatic ring is 1. The number of hydrogen-bond donors (Lipinski definition) is 6. The Morgan fingerprint density at radius 2 is 1.93 bits per heavy atom. The zero-order valence-electron chi connectivity index (χ0n) is 16.2. The van der Waals surface area contributed by atoms with Crippen molar-refractivity contribution in [1.29, 1.82) is 0 Å². The van der Waals surface area contributed by atoms with Crippen molar-refractivity contribution in [1.82, 2.24) is 24.4 Å². The van der Waals surface area contributed by atoms with Crippen molar-refractivity contribution < 1.29 is 37.3 Å². The second-order valence-corrected chi connectivity index (χ2v) is 7.48. The van der Waals surface area contributed by atoms with Gasteiger partial charge in [0.1, 0.15) is 30.5 Å². The maximum atomic E-state index is 10.5. The second-order valence-electron chi connectivity index (χ2n) is 6.59. The van der Waals surface area contributed by atoms with Crippen LogP contribution in [0.4, 0.5) is 5.82 Å². The van der Waals surface area contributed by atoms with Gasteiger partial charge in [0.05, 0.1) is 6.61 Å². The molecule has 4 atom stereocenters. The minimum Gasteiger partial charge on any atom is -0.387 e. The van der Waals surface area contributed by atoms with E-state index in [0.717, 1.165) is 0 Å². The van der Waals surface area contributed by atoms with Crippen LogP contribution in [-0.4, -0.2) is 97.2 Å². The number of ether oxygens (including phenoxy) is 1. The zero-order chi connectivity index (χ0) is 22.6. The van der Waals surface area contributed by atoms with Crippen LogP contribution in [0, 0.1) is 6.92 Å². The number of rotatable bonds is 6. The van der Waals surface area contributed by atoms with E-state index in [2.05, 4.69) is 19.8 Å². The Morgan fingerprint density at radius 3 is 2.53 bits per heavy atom. The summed E-state index contributed by atoms with van der Waals surface area (Å²) in [5.41, 5.74) is 6.72. The number of likely N-dealkylation sites (N-methyl/N-ethyl adjacent to an activating group) is 1. The van der Waals surface area contributed by atoms with Crippen molar-refractivity contribution >= 4 is 27.4 Å². The maximum Gasteiger partial charge on any atom is 0.394 e. The van der Waals surface area contributed by atoms with Gasteiger partial charge < -0.3 is 30.4 Å². The highest BCUT2D eigenvalue weighted by molar-refractivity contribution is 7.79. The molecule has 0 aliphatic carbocycles. The summed E-state index contributed by atoms with van der Waals surface area (Å²) in [6.45, 7) is 3.08. The lowest BCUT2D eigenvalue weighted by Crippen LogP contribution is -2.39. The SMILES string of the molecule is Cc1nc2c(N)ncnc2n1[C@@H]1O[C@H](CN(C)CCON)[C@@H](O)[C@H]1O.O=S(=O)(O)O. The first-order chi connectivity index (χ1) is 13.9. The molecule has 0 bridgehead atoms. The number of fused-ring (bicyclic) bond motifs is 1. The molecule has 0 unspecified atom stereocenters. The van der Waals surface area contributed by atoms with Crippen molar-refractivity contribution in [2.45, 2.75) is 31.5 Å². The first-order valence-corrected chi connectivity index (χ1v) is 10.0. The minimum atomic E-state index is -4.67. The quantitative estimate of drug-likeness (QED) is 0.197. The number of nitrogens with two attached hydrogens (primary N) is 2. The van der Waals surface area contributed by atoms with E-state index in [4.69, 9.17) is 33.9 Å². The third-order valence-corrected chi connectivity index (χ3v) is 4.36. The van der Waals surface area contributed by atoms with E-state index in [1.165, 1.54) is 6.33 Å². The van der Waals surface area contributed by atoms with E-state index in [0.29, 0.717) is 36.7 Å². The molecule has 0 radical (unpaired) electrons. The molecule has 1 aliphatic heterocycles. The minimum absolute atomic E-state index is 0.248. The van der Waals surface area contributed by atoms with Gasteiger partial charge in [0.15, 0.2) is 23.2 Å². The predicted molar refractivity (Wildman–Crippen MR) is 102 cm³/mol. The number of aliphatic hydroxyl groups is 2. The summed E-state index contributed by atoms with van der Waals surface area (Å²) in [7, 11) is -2.82. The molecule has 1 aliphatic rings. The summed E-state index contributed by atoms with van der Waals surface area (Å²) >= 11 is 0. The lowest BCUT2D eigenvalue weighted by molar-refractivity contribution is -0.0445. The fourth-order valence-electron chi connectivity index (χ4n) is 3.04. The van der Waals surface area contributed by atoms with Crippen LogP contribution < -0.4 is 11.6 Å². The van der Waals surface area contributed by atoms with Gasteiger partial charge in [0, 0.05) is 13.1 Å². The van der Waals surface area contributed by atoms with E-state index in [9.17, 15) is 10.2 Å². The molecule has 1 fully saturated rings. The number of imidazole rings is 1.